The van der Waals surface area contributed by atoms with E-state index in [1.54, 1.807) is 38.1 Å². The van der Waals surface area contributed by atoms with E-state index in [1.165, 1.54) is 24.3 Å². The van der Waals surface area contributed by atoms with E-state index in [0.717, 1.165) is 17.3 Å². The van der Waals surface area contributed by atoms with Gasteiger partial charge < -0.3 is 14.9 Å². The second-order valence-corrected chi connectivity index (χ2v) is 7.76. The number of ether oxygens (including phenoxy) is 1. The smallest absolute Gasteiger partial charge is 0.344 e. The van der Waals surface area contributed by atoms with E-state index < -0.39 is 11.9 Å². The Morgan fingerprint density at radius 2 is 1.93 bits per heavy atom. The quantitative estimate of drug-likeness (QED) is 0.641. The molecular formula is C22H18ClNO5S. The van der Waals surface area contributed by atoms with E-state index in [-0.39, 0.29) is 33.6 Å². The SMILES string of the molecule is CCOC(=O)C1=C(O)/C(=C/c2cc(Cl)ccc2O)SC1=NC(=O)c1ccccc1C. The number of phenols is 1. The Hall–Kier alpha value is -3.03. The number of aryl methyl sites for hydroxylation is 1. The van der Waals surface area contributed by atoms with Crippen molar-refractivity contribution < 1.29 is 24.5 Å². The van der Waals surface area contributed by atoms with Gasteiger partial charge in [-0.1, -0.05) is 41.6 Å². The maximum absolute atomic E-state index is 12.7. The highest BCUT2D eigenvalue weighted by atomic mass is 35.5. The normalized spacial score (nSPS) is 16.4. The molecule has 2 N–H and O–H groups in total. The highest BCUT2D eigenvalue weighted by Gasteiger charge is 2.34. The fourth-order valence-electron chi connectivity index (χ4n) is 2.74. The Morgan fingerprint density at radius 3 is 2.63 bits per heavy atom. The van der Waals surface area contributed by atoms with Gasteiger partial charge in [-0.25, -0.2) is 9.79 Å². The summed E-state index contributed by atoms with van der Waals surface area (Å²) in [6.07, 6.45) is 1.46. The second kappa shape index (κ2) is 9.19. The number of aromatic hydroxyl groups is 1. The molecule has 1 amide bonds. The Kier molecular flexibility index (Phi) is 6.64. The molecule has 1 aliphatic heterocycles. The van der Waals surface area contributed by atoms with Crippen LogP contribution in [0.15, 0.2) is 63.7 Å². The van der Waals surface area contributed by atoms with Crippen LogP contribution in [0, 0.1) is 6.92 Å². The average Bonchev–Trinajstić information content (AvgIpc) is 3.00. The molecular weight excluding hydrogens is 426 g/mol. The zero-order chi connectivity index (χ0) is 21.8. The van der Waals surface area contributed by atoms with Crippen LogP contribution < -0.4 is 0 Å². The van der Waals surface area contributed by atoms with Crippen molar-refractivity contribution in [3.63, 3.8) is 0 Å². The lowest BCUT2D eigenvalue weighted by Gasteiger charge is -2.04. The molecule has 2 aromatic carbocycles. The number of nitrogens with zero attached hydrogens (tertiary/aromatic N) is 1. The summed E-state index contributed by atoms with van der Waals surface area (Å²) in [5.41, 5.74) is 1.27. The molecule has 0 bridgehead atoms. The van der Waals surface area contributed by atoms with Crippen molar-refractivity contribution in [2.24, 2.45) is 4.99 Å². The van der Waals surface area contributed by atoms with E-state index in [2.05, 4.69) is 4.99 Å². The van der Waals surface area contributed by atoms with Crippen LogP contribution in [-0.2, 0) is 9.53 Å². The number of aliphatic imine (C=N–C) groups is 1. The number of rotatable bonds is 4. The third kappa shape index (κ3) is 4.58. The first kappa shape index (κ1) is 21.7. The fourth-order valence-corrected chi connectivity index (χ4v) is 3.92. The third-order valence-corrected chi connectivity index (χ3v) is 5.48. The van der Waals surface area contributed by atoms with Gasteiger partial charge in [0.25, 0.3) is 5.91 Å². The minimum Gasteiger partial charge on any atom is -0.507 e. The zero-order valence-corrected chi connectivity index (χ0v) is 17.8. The monoisotopic (exact) mass is 443 g/mol. The average molecular weight is 444 g/mol. The molecule has 1 heterocycles. The molecule has 154 valence electrons. The first-order chi connectivity index (χ1) is 14.3. The molecule has 3 rings (SSSR count). The van der Waals surface area contributed by atoms with Crippen LogP contribution in [0.1, 0.15) is 28.4 Å². The van der Waals surface area contributed by atoms with Gasteiger partial charge in [0.05, 0.1) is 11.5 Å². The largest absolute Gasteiger partial charge is 0.507 e. The van der Waals surface area contributed by atoms with E-state index in [9.17, 15) is 19.8 Å². The van der Waals surface area contributed by atoms with Crippen molar-refractivity contribution in [1.82, 2.24) is 0 Å². The first-order valence-electron chi connectivity index (χ1n) is 8.99. The zero-order valence-electron chi connectivity index (χ0n) is 16.2. The van der Waals surface area contributed by atoms with Crippen molar-refractivity contribution in [1.29, 1.82) is 0 Å². The van der Waals surface area contributed by atoms with Gasteiger partial charge in [0.15, 0.2) is 0 Å². The number of aliphatic hydroxyl groups excluding tert-OH is 1. The minimum atomic E-state index is -0.794. The molecule has 6 nitrogen and oxygen atoms in total. The molecule has 0 radical (unpaired) electrons. The standard InChI is InChI=1S/C22H18ClNO5S/c1-3-29-22(28)18-19(26)17(11-13-10-14(23)8-9-16(13)25)30-21(18)24-20(27)15-7-5-4-6-12(15)2/h4-11,25-26H,3H2,1-2H3/b17-11-,24-21?. The minimum absolute atomic E-state index is 0.0203. The molecule has 0 aromatic heterocycles. The van der Waals surface area contributed by atoms with Crippen LogP contribution in [0.2, 0.25) is 5.02 Å². The van der Waals surface area contributed by atoms with Crippen LogP contribution in [0.4, 0.5) is 0 Å². The number of amides is 1. The van der Waals surface area contributed by atoms with Crippen molar-refractivity contribution in [2.45, 2.75) is 13.8 Å². The van der Waals surface area contributed by atoms with Gasteiger partial charge in [0.1, 0.15) is 22.1 Å². The molecule has 0 fully saturated rings. The summed E-state index contributed by atoms with van der Waals surface area (Å²) in [6, 6.07) is 11.4. The van der Waals surface area contributed by atoms with Crippen molar-refractivity contribution in [3.05, 3.63) is 80.4 Å². The lowest BCUT2D eigenvalue weighted by molar-refractivity contribution is -0.138. The molecule has 0 spiro atoms. The van der Waals surface area contributed by atoms with Gasteiger partial charge >= 0.3 is 5.97 Å². The topological polar surface area (TPSA) is 96.2 Å². The first-order valence-corrected chi connectivity index (χ1v) is 10.2. The summed E-state index contributed by atoms with van der Waals surface area (Å²) in [6.45, 7) is 3.50. The molecule has 0 saturated heterocycles. The highest BCUT2D eigenvalue weighted by molar-refractivity contribution is 8.18. The number of carbonyl (C=O) groups is 2. The maximum atomic E-state index is 12.7. The number of hydrogen-bond acceptors (Lipinski definition) is 6. The molecule has 0 atom stereocenters. The summed E-state index contributed by atoms with van der Waals surface area (Å²) in [5, 5.41) is 21.1. The number of thioether (sulfide) groups is 1. The van der Waals surface area contributed by atoms with Crippen molar-refractivity contribution in [2.75, 3.05) is 6.61 Å². The second-order valence-electron chi connectivity index (χ2n) is 6.29. The van der Waals surface area contributed by atoms with Crippen LogP contribution in [0.25, 0.3) is 6.08 Å². The van der Waals surface area contributed by atoms with Gasteiger partial charge in [0, 0.05) is 16.1 Å². The molecule has 8 heteroatoms. The predicted molar refractivity (Wildman–Crippen MR) is 118 cm³/mol. The molecule has 2 aromatic rings. The maximum Gasteiger partial charge on any atom is 0.344 e. The van der Waals surface area contributed by atoms with Crippen molar-refractivity contribution in [3.8, 4) is 5.75 Å². The molecule has 0 unspecified atom stereocenters. The van der Waals surface area contributed by atoms with E-state index >= 15 is 0 Å². The molecule has 0 saturated carbocycles. The van der Waals surface area contributed by atoms with E-state index in [1.807, 2.05) is 0 Å². The van der Waals surface area contributed by atoms with Gasteiger partial charge in [-0.2, -0.15) is 0 Å². The van der Waals surface area contributed by atoms with Crippen LogP contribution in [0.5, 0.6) is 5.75 Å². The molecule has 0 aliphatic carbocycles. The number of benzene rings is 2. The number of esters is 1. The van der Waals surface area contributed by atoms with E-state index in [0.29, 0.717) is 16.1 Å². The molecule has 1 aliphatic rings. The summed E-state index contributed by atoms with van der Waals surface area (Å²) < 4.78 is 5.02. The number of phenolic OH excluding ortho intramolecular Hbond substituents is 1. The van der Waals surface area contributed by atoms with E-state index in [4.69, 9.17) is 16.3 Å². The Labute approximate surface area is 182 Å². The van der Waals surface area contributed by atoms with Crippen LogP contribution >= 0.6 is 23.4 Å². The van der Waals surface area contributed by atoms with Crippen molar-refractivity contribution >= 4 is 46.4 Å². The molecule has 30 heavy (non-hydrogen) atoms. The number of hydrogen-bond donors (Lipinski definition) is 2. The van der Waals surface area contributed by atoms with Gasteiger partial charge in [-0.05, 0) is 49.8 Å². The van der Waals surface area contributed by atoms with Crippen LogP contribution in [0.3, 0.4) is 0 Å². The van der Waals surface area contributed by atoms with Gasteiger partial charge in [-0.3, -0.25) is 4.79 Å². The lowest BCUT2D eigenvalue weighted by Crippen LogP contribution is -2.14. The number of carbonyl (C=O) groups excluding carboxylic acids is 2. The van der Waals surface area contributed by atoms with Crippen LogP contribution in [-0.4, -0.2) is 33.7 Å². The van der Waals surface area contributed by atoms with Gasteiger partial charge in [-0.15, -0.1) is 0 Å². The summed E-state index contributed by atoms with van der Waals surface area (Å²) in [4.78, 5) is 29.4. The predicted octanol–water partition coefficient (Wildman–Crippen LogP) is 5.06. The Balaban J connectivity index is 2.06. The lowest BCUT2D eigenvalue weighted by atomic mass is 10.1. The summed E-state index contributed by atoms with van der Waals surface area (Å²) >= 11 is 6.91. The van der Waals surface area contributed by atoms with Gasteiger partial charge in [0.2, 0.25) is 0 Å². The Morgan fingerprint density at radius 1 is 1.20 bits per heavy atom. The fraction of sp³-hybridized carbons (Fsp3) is 0.136. The summed E-state index contributed by atoms with van der Waals surface area (Å²) in [7, 11) is 0. The highest BCUT2D eigenvalue weighted by Crippen LogP contribution is 2.40. The Bertz CT molecular complexity index is 1120. The summed E-state index contributed by atoms with van der Waals surface area (Å²) in [5.74, 6) is -1.77. The number of halogens is 1. The third-order valence-electron chi connectivity index (χ3n) is 4.22. The number of aliphatic hydroxyl groups is 1.